The molecule has 2 amide bonds. The predicted octanol–water partition coefficient (Wildman–Crippen LogP) is 1.55. The summed E-state index contributed by atoms with van der Waals surface area (Å²) in [5, 5.41) is 10.7. The average molecular weight is 308 g/mol. The van der Waals surface area contributed by atoms with Crippen LogP contribution in [0.15, 0.2) is 21.3 Å². The van der Waals surface area contributed by atoms with Gasteiger partial charge < -0.3 is 19.5 Å². The highest BCUT2D eigenvalue weighted by Crippen LogP contribution is 2.28. The number of carbonyl (C=O) groups excluding carboxylic acids is 1. The summed E-state index contributed by atoms with van der Waals surface area (Å²) >= 11 is 1.59. The van der Waals surface area contributed by atoms with E-state index in [0.29, 0.717) is 38.0 Å². The molecule has 0 aromatic carbocycles. The van der Waals surface area contributed by atoms with Gasteiger partial charge in [0.2, 0.25) is 11.7 Å². The number of hydrogen-bond acceptors (Lipinski definition) is 6. The van der Waals surface area contributed by atoms with E-state index < -0.39 is 0 Å². The first kappa shape index (κ1) is 14.0. The molecule has 112 valence electrons. The van der Waals surface area contributed by atoms with E-state index in [1.54, 1.807) is 23.3 Å². The standard InChI is InChI=1S/C13H16N4O3S/c1-19-4-3-14-13(18)17-6-10(7-17)12-15-11(16-20-12)9-2-5-21-8-9/h2,5,8,10H,3-4,6-7H2,1H3,(H,14,18). The number of thiophene rings is 1. The molecule has 0 unspecified atom stereocenters. The van der Waals surface area contributed by atoms with Crippen molar-refractivity contribution >= 4 is 17.4 Å². The molecule has 0 radical (unpaired) electrons. The average Bonchev–Trinajstić information content (AvgIpc) is 3.08. The topological polar surface area (TPSA) is 80.5 Å². The molecule has 7 nitrogen and oxygen atoms in total. The number of likely N-dealkylation sites (tertiary alicyclic amines) is 1. The number of ether oxygens (including phenoxy) is 1. The van der Waals surface area contributed by atoms with E-state index in [1.165, 1.54) is 0 Å². The van der Waals surface area contributed by atoms with Gasteiger partial charge in [-0.25, -0.2) is 4.79 Å². The maximum atomic E-state index is 11.8. The van der Waals surface area contributed by atoms with Gasteiger partial charge in [-0.15, -0.1) is 0 Å². The molecule has 0 aliphatic carbocycles. The van der Waals surface area contributed by atoms with Gasteiger partial charge in [0.15, 0.2) is 0 Å². The predicted molar refractivity (Wildman–Crippen MR) is 77.2 cm³/mol. The molecule has 21 heavy (non-hydrogen) atoms. The fraction of sp³-hybridized carbons (Fsp3) is 0.462. The molecule has 8 heteroatoms. The largest absolute Gasteiger partial charge is 0.383 e. The molecule has 1 fully saturated rings. The molecule has 2 aromatic heterocycles. The lowest BCUT2D eigenvalue weighted by Crippen LogP contribution is -2.53. The highest BCUT2D eigenvalue weighted by molar-refractivity contribution is 7.08. The van der Waals surface area contributed by atoms with Gasteiger partial charge in [-0.2, -0.15) is 16.3 Å². The van der Waals surface area contributed by atoms with Crippen molar-refractivity contribution in [2.75, 3.05) is 33.4 Å². The minimum atomic E-state index is -0.0825. The Bertz CT molecular complexity index is 592. The second-order valence-corrected chi connectivity index (χ2v) is 5.57. The summed E-state index contributed by atoms with van der Waals surface area (Å²) in [5.41, 5.74) is 0.962. The normalized spacial score (nSPS) is 15.0. The summed E-state index contributed by atoms with van der Waals surface area (Å²) in [4.78, 5) is 17.9. The number of nitrogens with one attached hydrogen (secondary N) is 1. The summed E-state index contributed by atoms with van der Waals surface area (Å²) in [6.45, 7) is 2.23. The molecule has 3 rings (SSSR count). The third-order valence-corrected chi connectivity index (χ3v) is 4.00. The van der Waals surface area contributed by atoms with Crippen molar-refractivity contribution < 1.29 is 14.1 Å². The summed E-state index contributed by atoms with van der Waals surface area (Å²) in [6.07, 6.45) is 0. The number of hydrogen-bond donors (Lipinski definition) is 1. The van der Waals surface area contributed by atoms with Crippen molar-refractivity contribution in [2.45, 2.75) is 5.92 Å². The van der Waals surface area contributed by atoms with Crippen molar-refractivity contribution in [1.29, 1.82) is 0 Å². The summed E-state index contributed by atoms with van der Waals surface area (Å²) in [6, 6.07) is 1.87. The maximum Gasteiger partial charge on any atom is 0.317 e. The zero-order valence-electron chi connectivity index (χ0n) is 11.6. The Labute approximate surface area is 125 Å². The van der Waals surface area contributed by atoms with Gasteiger partial charge >= 0.3 is 6.03 Å². The van der Waals surface area contributed by atoms with Crippen LogP contribution in [0.3, 0.4) is 0 Å². The van der Waals surface area contributed by atoms with Crippen LogP contribution in [-0.4, -0.2) is 54.4 Å². The molecule has 1 aliphatic rings. The highest BCUT2D eigenvalue weighted by atomic mass is 32.1. The Morgan fingerprint density at radius 2 is 2.48 bits per heavy atom. The molecule has 1 saturated heterocycles. The van der Waals surface area contributed by atoms with E-state index in [-0.39, 0.29) is 11.9 Å². The van der Waals surface area contributed by atoms with Crippen LogP contribution in [0.5, 0.6) is 0 Å². The van der Waals surface area contributed by atoms with E-state index in [9.17, 15) is 4.79 Å². The lowest BCUT2D eigenvalue weighted by Gasteiger charge is -2.36. The van der Waals surface area contributed by atoms with Crippen LogP contribution in [0.1, 0.15) is 11.8 Å². The van der Waals surface area contributed by atoms with E-state index in [0.717, 1.165) is 5.56 Å². The summed E-state index contributed by atoms with van der Waals surface area (Å²) in [5.74, 6) is 1.32. The zero-order valence-corrected chi connectivity index (χ0v) is 12.4. The van der Waals surface area contributed by atoms with Crippen molar-refractivity contribution in [3.8, 4) is 11.4 Å². The smallest absolute Gasteiger partial charge is 0.317 e. The molecule has 3 heterocycles. The molecule has 0 saturated carbocycles. The Morgan fingerprint density at radius 3 is 3.19 bits per heavy atom. The van der Waals surface area contributed by atoms with Crippen molar-refractivity contribution in [3.63, 3.8) is 0 Å². The minimum absolute atomic E-state index is 0.0825. The molecule has 2 aromatic rings. The van der Waals surface area contributed by atoms with Gasteiger partial charge in [-0.05, 0) is 11.4 Å². The number of urea groups is 1. The summed E-state index contributed by atoms with van der Waals surface area (Å²) in [7, 11) is 1.60. The van der Waals surface area contributed by atoms with Crippen LogP contribution in [0.25, 0.3) is 11.4 Å². The van der Waals surface area contributed by atoms with Gasteiger partial charge in [0, 0.05) is 37.7 Å². The van der Waals surface area contributed by atoms with Crippen molar-refractivity contribution in [2.24, 2.45) is 0 Å². The lowest BCUT2D eigenvalue weighted by molar-refractivity contribution is 0.132. The van der Waals surface area contributed by atoms with Crippen LogP contribution in [0.4, 0.5) is 4.79 Å². The number of carbonyl (C=O) groups is 1. The number of rotatable bonds is 5. The van der Waals surface area contributed by atoms with Gasteiger partial charge in [0.05, 0.1) is 12.5 Å². The third kappa shape index (κ3) is 3.06. The monoisotopic (exact) mass is 308 g/mol. The zero-order chi connectivity index (χ0) is 14.7. The first-order valence-corrected chi connectivity index (χ1v) is 7.60. The molecule has 0 atom stereocenters. The van der Waals surface area contributed by atoms with Crippen molar-refractivity contribution in [1.82, 2.24) is 20.4 Å². The first-order valence-electron chi connectivity index (χ1n) is 6.66. The maximum absolute atomic E-state index is 11.8. The van der Waals surface area contributed by atoms with Crippen molar-refractivity contribution in [3.05, 3.63) is 22.7 Å². The molecule has 1 aliphatic heterocycles. The van der Waals surface area contributed by atoms with Crippen LogP contribution < -0.4 is 5.32 Å². The third-order valence-electron chi connectivity index (χ3n) is 3.32. The molecule has 0 spiro atoms. The Morgan fingerprint density at radius 1 is 1.62 bits per heavy atom. The minimum Gasteiger partial charge on any atom is -0.383 e. The molecule has 0 bridgehead atoms. The van der Waals surface area contributed by atoms with Crippen LogP contribution in [0.2, 0.25) is 0 Å². The number of aromatic nitrogens is 2. The van der Waals surface area contributed by atoms with Gasteiger partial charge in [0.1, 0.15) is 0 Å². The second-order valence-electron chi connectivity index (χ2n) is 4.79. The lowest BCUT2D eigenvalue weighted by atomic mass is 10.0. The van der Waals surface area contributed by atoms with Gasteiger partial charge in [0.25, 0.3) is 0 Å². The first-order chi connectivity index (χ1) is 10.3. The fourth-order valence-electron chi connectivity index (χ4n) is 2.08. The van der Waals surface area contributed by atoms with E-state index >= 15 is 0 Å². The molecular weight excluding hydrogens is 292 g/mol. The van der Waals surface area contributed by atoms with Crippen LogP contribution in [0, 0.1) is 0 Å². The van der Waals surface area contributed by atoms with E-state index in [2.05, 4.69) is 15.5 Å². The van der Waals surface area contributed by atoms with E-state index in [4.69, 9.17) is 9.26 Å². The Balaban J connectivity index is 1.51. The van der Waals surface area contributed by atoms with Gasteiger partial charge in [-0.1, -0.05) is 5.16 Å². The number of amides is 2. The van der Waals surface area contributed by atoms with E-state index in [1.807, 2.05) is 16.8 Å². The Kier molecular flexibility index (Phi) is 4.16. The van der Waals surface area contributed by atoms with Crippen LogP contribution in [-0.2, 0) is 4.74 Å². The molecular formula is C13H16N4O3S. The van der Waals surface area contributed by atoms with Crippen LogP contribution >= 0.6 is 11.3 Å². The quantitative estimate of drug-likeness (QED) is 0.848. The molecule has 1 N–H and O–H groups in total. The Hall–Kier alpha value is -1.93. The second kappa shape index (κ2) is 6.23. The summed E-state index contributed by atoms with van der Waals surface area (Å²) < 4.78 is 10.2. The number of methoxy groups -OCH3 is 1. The number of nitrogens with zero attached hydrogens (tertiary/aromatic N) is 3. The highest BCUT2D eigenvalue weighted by Gasteiger charge is 2.35. The van der Waals surface area contributed by atoms with Gasteiger partial charge in [-0.3, -0.25) is 0 Å². The SMILES string of the molecule is COCCNC(=O)N1CC(c2nc(-c3ccsc3)no2)C1. The fourth-order valence-corrected chi connectivity index (χ4v) is 2.72.